The Bertz CT molecular complexity index is 922. The van der Waals surface area contributed by atoms with Gasteiger partial charge in [-0.1, -0.05) is 13.8 Å². The molecule has 0 aliphatic carbocycles. The minimum atomic E-state index is -0.205. The lowest BCUT2D eigenvalue weighted by Gasteiger charge is -2.23. The van der Waals surface area contributed by atoms with Crippen molar-refractivity contribution in [3.8, 4) is 11.5 Å². The second kappa shape index (κ2) is 7.83. The van der Waals surface area contributed by atoms with Gasteiger partial charge in [-0.05, 0) is 30.0 Å². The first-order valence-electron chi connectivity index (χ1n) is 8.46. The number of anilines is 1. The molecular weight excluding hydrogens is 368 g/mol. The van der Waals surface area contributed by atoms with Crippen molar-refractivity contribution >= 4 is 34.4 Å². The fourth-order valence-electron chi connectivity index (χ4n) is 2.58. The van der Waals surface area contributed by atoms with E-state index < -0.39 is 0 Å². The lowest BCUT2D eigenvalue weighted by molar-refractivity contribution is -0.118. The monoisotopic (exact) mass is 388 g/mol. The van der Waals surface area contributed by atoms with Gasteiger partial charge in [-0.3, -0.25) is 14.2 Å². The summed E-state index contributed by atoms with van der Waals surface area (Å²) in [6.07, 6.45) is 2.03. The van der Waals surface area contributed by atoms with Crippen LogP contribution in [0.2, 0.25) is 0 Å². The molecule has 0 fully saturated rings. The second-order valence-corrected chi connectivity index (χ2v) is 6.60. The Morgan fingerprint density at radius 2 is 1.78 bits per heavy atom. The normalized spacial score (nSPS) is 13.0. The molecule has 2 aromatic rings. The molecule has 0 atom stereocenters. The fraction of sp³-hybridized carbons (Fsp3) is 0.333. The van der Waals surface area contributed by atoms with E-state index in [1.54, 1.807) is 40.2 Å². The van der Waals surface area contributed by atoms with Crippen LogP contribution in [-0.2, 0) is 4.79 Å². The summed E-state index contributed by atoms with van der Waals surface area (Å²) >= 11 is 1.29. The van der Waals surface area contributed by atoms with E-state index in [1.165, 1.54) is 27.7 Å². The summed E-state index contributed by atoms with van der Waals surface area (Å²) in [7, 11) is 3.12. The Hall–Kier alpha value is -2.81. The standard InChI is InChI=1S/C18H20N4O4S/c1-5-14(23)21-10-19-16-18(21)27-17(20-22(16)15(24)6-2)11-7-8-12(25-3)13(9-11)26-4/h7-10H,5-6H2,1-4H3. The van der Waals surface area contributed by atoms with E-state index in [4.69, 9.17) is 9.47 Å². The molecule has 0 bridgehead atoms. The number of carbonyl (C=O) groups excluding carboxylic acids is 2. The highest BCUT2D eigenvalue weighted by Gasteiger charge is 2.31. The van der Waals surface area contributed by atoms with Crippen molar-refractivity contribution in [2.24, 2.45) is 5.10 Å². The van der Waals surface area contributed by atoms with E-state index in [0.29, 0.717) is 33.8 Å². The summed E-state index contributed by atoms with van der Waals surface area (Å²) in [4.78, 5) is 28.9. The average molecular weight is 388 g/mol. The summed E-state index contributed by atoms with van der Waals surface area (Å²) in [5.41, 5.74) is 0.744. The highest BCUT2D eigenvalue weighted by molar-refractivity contribution is 8.14. The molecule has 8 nitrogen and oxygen atoms in total. The SMILES string of the molecule is CCC(=O)N1N=C(c2ccc(OC)c(OC)c2)Sc2c1ncn2C(=O)CC. The number of rotatable bonds is 5. The van der Waals surface area contributed by atoms with Crippen LogP contribution in [0.3, 0.4) is 0 Å². The molecule has 1 amide bonds. The van der Waals surface area contributed by atoms with Crippen molar-refractivity contribution in [2.75, 3.05) is 19.2 Å². The molecule has 1 aromatic carbocycles. The second-order valence-electron chi connectivity index (χ2n) is 5.63. The van der Waals surface area contributed by atoms with Gasteiger partial charge < -0.3 is 9.47 Å². The van der Waals surface area contributed by atoms with Gasteiger partial charge in [0.25, 0.3) is 0 Å². The molecule has 0 saturated carbocycles. The van der Waals surface area contributed by atoms with E-state index >= 15 is 0 Å². The molecule has 9 heteroatoms. The number of methoxy groups -OCH3 is 2. The summed E-state index contributed by atoms with van der Waals surface area (Å²) in [5, 5.41) is 6.87. The third-order valence-electron chi connectivity index (χ3n) is 4.03. The molecule has 3 rings (SSSR count). The smallest absolute Gasteiger partial charge is 0.248 e. The third kappa shape index (κ3) is 3.42. The number of ether oxygens (including phenoxy) is 2. The van der Waals surface area contributed by atoms with Gasteiger partial charge in [0, 0.05) is 18.4 Å². The zero-order chi connectivity index (χ0) is 19.6. The van der Waals surface area contributed by atoms with Crippen molar-refractivity contribution in [1.82, 2.24) is 9.55 Å². The van der Waals surface area contributed by atoms with Gasteiger partial charge in [-0.15, -0.1) is 0 Å². The van der Waals surface area contributed by atoms with E-state index in [-0.39, 0.29) is 18.2 Å². The predicted molar refractivity (Wildman–Crippen MR) is 103 cm³/mol. The number of benzene rings is 1. The molecule has 142 valence electrons. The van der Waals surface area contributed by atoms with E-state index in [9.17, 15) is 9.59 Å². The molecule has 0 N–H and O–H groups in total. The first kappa shape index (κ1) is 19.0. The van der Waals surface area contributed by atoms with E-state index in [2.05, 4.69) is 10.1 Å². The maximum atomic E-state index is 12.4. The Balaban J connectivity index is 2.09. The van der Waals surface area contributed by atoms with Crippen molar-refractivity contribution in [2.45, 2.75) is 31.7 Å². The topological polar surface area (TPSA) is 86.0 Å². The Morgan fingerprint density at radius 1 is 1.07 bits per heavy atom. The van der Waals surface area contributed by atoms with Crippen molar-refractivity contribution in [3.05, 3.63) is 30.1 Å². The number of imidazole rings is 1. The summed E-state index contributed by atoms with van der Waals surface area (Å²) < 4.78 is 12.1. The van der Waals surface area contributed by atoms with Gasteiger partial charge in [-0.25, -0.2) is 4.98 Å². The molecule has 2 heterocycles. The minimum absolute atomic E-state index is 0.103. The van der Waals surface area contributed by atoms with Crippen molar-refractivity contribution in [1.29, 1.82) is 0 Å². The molecule has 1 aromatic heterocycles. The van der Waals surface area contributed by atoms with Gasteiger partial charge in [0.05, 0.1) is 14.2 Å². The van der Waals surface area contributed by atoms with Gasteiger partial charge in [0.2, 0.25) is 11.8 Å². The largest absolute Gasteiger partial charge is 0.493 e. The summed E-state index contributed by atoms with van der Waals surface area (Å²) in [6.45, 7) is 3.53. The van der Waals surface area contributed by atoms with Gasteiger partial charge >= 0.3 is 0 Å². The maximum absolute atomic E-state index is 12.4. The van der Waals surface area contributed by atoms with E-state index in [1.807, 2.05) is 6.07 Å². The lowest BCUT2D eigenvalue weighted by atomic mass is 10.2. The Labute approximate surface area is 161 Å². The number of aromatic nitrogens is 2. The van der Waals surface area contributed by atoms with Gasteiger partial charge in [0.1, 0.15) is 16.4 Å². The number of hydrazone groups is 1. The zero-order valence-electron chi connectivity index (χ0n) is 15.6. The van der Waals surface area contributed by atoms with Crippen LogP contribution in [0.25, 0.3) is 0 Å². The summed E-state index contributed by atoms with van der Waals surface area (Å²) in [5.74, 6) is 1.21. The van der Waals surface area contributed by atoms with Crippen molar-refractivity contribution in [3.63, 3.8) is 0 Å². The van der Waals surface area contributed by atoms with Crippen LogP contribution in [0.4, 0.5) is 5.82 Å². The third-order valence-corrected chi connectivity index (χ3v) is 5.11. The first-order valence-corrected chi connectivity index (χ1v) is 9.28. The van der Waals surface area contributed by atoms with Crippen LogP contribution in [0.1, 0.15) is 37.0 Å². The summed E-state index contributed by atoms with van der Waals surface area (Å²) in [6, 6.07) is 5.38. The number of amides is 1. The number of nitrogens with zero attached hydrogens (tertiary/aromatic N) is 4. The molecule has 1 aliphatic rings. The molecule has 0 radical (unpaired) electrons. The van der Waals surface area contributed by atoms with Crippen LogP contribution in [0, 0.1) is 0 Å². The molecule has 0 spiro atoms. The highest BCUT2D eigenvalue weighted by Crippen LogP contribution is 2.39. The predicted octanol–water partition coefficient (Wildman–Crippen LogP) is 3.16. The lowest BCUT2D eigenvalue weighted by Crippen LogP contribution is -2.29. The number of thioether (sulfide) groups is 1. The fourth-order valence-corrected chi connectivity index (χ4v) is 3.60. The van der Waals surface area contributed by atoms with Crippen LogP contribution >= 0.6 is 11.8 Å². The average Bonchev–Trinajstić information content (AvgIpc) is 3.15. The van der Waals surface area contributed by atoms with Gasteiger partial charge in [-0.2, -0.15) is 10.1 Å². The van der Waals surface area contributed by atoms with Gasteiger partial charge in [0.15, 0.2) is 17.3 Å². The zero-order valence-corrected chi connectivity index (χ0v) is 16.4. The van der Waals surface area contributed by atoms with Crippen LogP contribution in [0.15, 0.2) is 34.7 Å². The molecule has 0 saturated heterocycles. The molecule has 0 unspecified atom stereocenters. The van der Waals surface area contributed by atoms with Crippen LogP contribution in [0.5, 0.6) is 11.5 Å². The number of hydrogen-bond donors (Lipinski definition) is 0. The Morgan fingerprint density at radius 3 is 2.41 bits per heavy atom. The van der Waals surface area contributed by atoms with Crippen LogP contribution in [-0.4, -0.2) is 40.6 Å². The Kier molecular flexibility index (Phi) is 5.50. The van der Waals surface area contributed by atoms with E-state index in [0.717, 1.165) is 5.56 Å². The number of carbonyl (C=O) groups is 2. The molecular formula is C18H20N4O4S. The number of hydrogen-bond acceptors (Lipinski definition) is 7. The highest BCUT2D eigenvalue weighted by atomic mass is 32.2. The van der Waals surface area contributed by atoms with Crippen molar-refractivity contribution < 1.29 is 19.1 Å². The van der Waals surface area contributed by atoms with Crippen LogP contribution < -0.4 is 14.5 Å². The quantitative estimate of drug-likeness (QED) is 0.782. The maximum Gasteiger partial charge on any atom is 0.248 e. The molecule has 1 aliphatic heterocycles. The molecule has 27 heavy (non-hydrogen) atoms. The number of fused-ring (bicyclic) bond motifs is 1. The minimum Gasteiger partial charge on any atom is -0.493 e. The first-order chi connectivity index (χ1) is 13.0.